The van der Waals surface area contributed by atoms with Gasteiger partial charge in [-0.2, -0.15) is 0 Å². The molecule has 0 radical (unpaired) electrons. The first-order valence-electron chi connectivity index (χ1n) is 8.62. The lowest BCUT2D eigenvalue weighted by atomic mass is 10.0. The molecule has 0 spiro atoms. The molecule has 1 amide bonds. The van der Waals surface area contributed by atoms with Crippen molar-refractivity contribution in [2.75, 3.05) is 24.7 Å². The number of carbonyl (C=O) groups is 1. The van der Waals surface area contributed by atoms with Gasteiger partial charge in [-0.3, -0.25) is 4.79 Å². The van der Waals surface area contributed by atoms with Crippen LogP contribution >= 0.6 is 0 Å². The van der Waals surface area contributed by atoms with Crippen LogP contribution in [0.2, 0.25) is 0 Å². The van der Waals surface area contributed by atoms with E-state index in [1.165, 1.54) is 0 Å². The SMILES string of the molecule is Cc1c(C(=O)N[C@]2(C)CCS(=O)(=O)C2)nnn1-c1ccc2c(c1)OCCO2. The molecule has 0 saturated carbocycles. The molecule has 0 aliphatic carbocycles. The maximum atomic E-state index is 12.6. The van der Waals surface area contributed by atoms with Crippen LogP contribution in [0.1, 0.15) is 29.5 Å². The predicted molar refractivity (Wildman–Crippen MR) is 96.2 cm³/mol. The molecule has 1 aromatic carbocycles. The average molecular weight is 392 g/mol. The number of rotatable bonds is 3. The lowest BCUT2D eigenvalue weighted by Crippen LogP contribution is -2.47. The van der Waals surface area contributed by atoms with Gasteiger partial charge in [-0.1, -0.05) is 5.21 Å². The summed E-state index contributed by atoms with van der Waals surface area (Å²) in [5, 5.41) is 10.9. The number of benzene rings is 1. The van der Waals surface area contributed by atoms with E-state index >= 15 is 0 Å². The fraction of sp³-hybridized carbons (Fsp3) is 0.471. The molecule has 3 heterocycles. The van der Waals surface area contributed by atoms with Gasteiger partial charge in [0.25, 0.3) is 5.91 Å². The fourth-order valence-electron chi connectivity index (χ4n) is 3.39. The van der Waals surface area contributed by atoms with E-state index in [1.54, 1.807) is 30.7 Å². The van der Waals surface area contributed by atoms with Crippen LogP contribution in [0.5, 0.6) is 11.5 Å². The Morgan fingerprint density at radius 2 is 2.00 bits per heavy atom. The quantitative estimate of drug-likeness (QED) is 0.816. The molecule has 2 aromatic rings. The second-order valence-corrected chi connectivity index (χ2v) is 9.30. The number of carbonyl (C=O) groups excluding carboxylic acids is 1. The molecule has 10 heteroatoms. The molecule has 2 aliphatic rings. The van der Waals surface area contributed by atoms with Crippen LogP contribution in [0.15, 0.2) is 18.2 Å². The number of nitrogens with one attached hydrogen (secondary N) is 1. The minimum absolute atomic E-state index is 0.0684. The Kier molecular flexibility index (Phi) is 4.10. The zero-order chi connectivity index (χ0) is 19.2. The molecule has 0 bridgehead atoms. The highest BCUT2D eigenvalue weighted by molar-refractivity contribution is 7.91. The zero-order valence-electron chi connectivity index (χ0n) is 15.1. The van der Waals surface area contributed by atoms with Gasteiger partial charge in [0.2, 0.25) is 0 Å². The third kappa shape index (κ3) is 3.36. The summed E-state index contributed by atoms with van der Waals surface area (Å²) in [7, 11) is -3.12. The molecular formula is C17H20N4O5S. The third-order valence-corrected chi connectivity index (χ3v) is 6.70. The van der Waals surface area contributed by atoms with E-state index in [4.69, 9.17) is 9.47 Å². The van der Waals surface area contributed by atoms with Gasteiger partial charge in [0.1, 0.15) is 13.2 Å². The van der Waals surface area contributed by atoms with Gasteiger partial charge in [0, 0.05) is 6.07 Å². The first kappa shape index (κ1) is 17.8. The highest BCUT2D eigenvalue weighted by Crippen LogP contribution is 2.32. The highest BCUT2D eigenvalue weighted by atomic mass is 32.2. The van der Waals surface area contributed by atoms with Crippen molar-refractivity contribution in [2.24, 2.45) is 0 Å². The molecule has 1 fully saturated rings. The maximum Gasteiger partial charge on any atom is 0.274 e. The first-order valence-corrected chi connectivity index (χ1v) is 10.4. The minimum atomic E-state index is -3.12. The Balaban J connectivity index is 1.58. The van der Waals surface area contributed by atoms with Crippen LogP contribution in [0.3, 0.4) is 0 Å². The summed E-state index contributed by atoms with van der Waals surface area (Å²) in [5.74, 6) is 0.851. The second kappa shape index (κ2) is 6.22. The van der Waals surface area contributed by atoms with Crippen molar-refractivity contribution in [2.45, 2.75) is 25.8 Å². The fourth-order valence-corrected chi connectivity index (χ4v) is 5.48. The number of fused-ring (bicyclic) bond motifs is 1. The molecule has 4 rings (SSSR count). The van der Waals surface area contributed by atoms with Crippen LogP contribution < -0.4 is 14.8 Å². The summed E-state index contributed by atoms with van der Waals surface area (Å²) in [6, 6.07) is 5.37. The number of nitrogens with zero attached hydrogens (tertiary/aromatic N) is 3. The van der Waals surface area contributed by atoms with E-state index in [9.17, 15) is 13.2 Å². The van der Waals surface area contributed by atoms with Crippen LogP contribution in [-0.2, 0) is 9.84 Å². The van der Waals surface area contributed by atoms with Crippen molar-refractivity contribution in [1.29, 1.82) is 0 Å². The van der Waals surface area contributed by atoms with E-state index < -0.39 is 21.3 Å². The number of ether oxygens (including phenoxy) is 2. The topological polar surface area (TPSA) is 112 Å². The normalized spacial score (nSPS) is 23.2. The van der Waals surface area contributed by atoms with Crippen LogP contribution in [0, 0.1) is 6.92 Å². The second-order valence-electron chi connectivity index (χ2n) is 7.12. The molecular weight excluding hydrogens is 372 g/mol. The Labute approximate surface area is 156 Å². The molecule has 1 N–H and O–H groups in total. The average Bonchev–Trinajstić information content (AvgIpc) is 3.13. The van der Waals surface area contributed by atoms with Gasteiger partial charge >= 0.3 is 0 Å². The first-order chi connectivity index (χ1) is 12.8. The summed E-state index contributed by atoms with van der Waals surface area (Å²) in [5.41, 5.74) is 0.616. The van der Waals surface area contributed by atoms with E-state index in [2.05, 4.69) is 15.6 Å². The lowest BCUT2D eigenvalue weighted by Gasteiger charge is -2.23. The number of amides is 1. The Morgan fingerprint density at radius 1 is 1.26 bits per heavy atom. The standard InChI is InChI=1S/C17H20N4O5S/c1-11-15(16(22)18-17(2)5-8-27(23,24)10-17)19-20-21(11)12-3-4-13-14(9-12)26-7-6-25-13/h3-4,9H,5-8,10H2,1-2H3,(H,18,22)/t17-/m1/s1. The van der Waals surface area contributed by atoms with Gasteiger partial charge in [0.15, 0.2) is 27.0 Å². The molecule has 9 nitrogen and oxygen atoms in total. The summed E-state index contributed by atoms with van der Waals surface area (Å²) < 4.78 is 36.1. The molecule has 27 heavy (non-hydrogen) atoms. The predicted octanol–water partition coefficient (Wildman–Crippen LogP) is 0.654. The Morgan fingerprint density at radius 3 is 2.70 bits per heavy atom. The van der Waals surface area contributed by atoms with Gasteiger partial charge in [-0.25, -0.2) is 13.1 Å². The van der Waals surface area contributed by atoms with Gasteiger partial charge in [-0.15, -0.1) is 5.10 Å². The van der Waals surface area contributed by atoms with Crippen molar-refractivity contribution in [3.63, 3.8) is 0 Å². The molecule has 144 valence electrons. The van der Waals surface area contributed by atoms with E-state index in [-0.39, 0.29) is 17.2 Å². The van der Waals surface area contributed by atoms with Crippen LogP contribution in [0.25, 0.3) is 5.69 Å². The number of sulfone groups is 1. The lowest BCUT2D eigenvalue weighted by molar-refractivity contribution is 0.0909. The monoisotopic (exact) mass is 392 g/mol. The summed E-state index contributed by atoms with van der Waals surface area (Å²) in [6.07, 6.45) is 0.385. The van der Waals surface area contributed by atoms with Crippen molar-refractivity contribution in [1.82, 2.24) is 20.3 Å². The molecule has 1 saturated heterocycles. The van der Waals surface area contributed by atoms with Gasteiger partial charge in [-0.05, 0) is 32.4 Å². The van der Waals surface area contributed by atoms with Crippen molar-refractivity contribution in [3.05, 3.63) is 29.6 Å². The Bertz CT molecular complexity index is 1020. The minimum Gasteiger partial charge on any atom is -0.486 e. The highest BCUT2D eigenvalue weighted by Gasteiger charge is 2.40. The van der Waals surface area contributed by atoms with E-state index in [1.807, 2.05) is 6.07 Å². The van der Waals surface area contributed by atoms with Crippen LogP contribution in [-0.4, -0.2) is 59.6 Å². The van der Waals surface area contributed by atoms with Crippen molar-refractivity contribution < 1.29 is 22.7 Å². The summed E-state index contributed by atoms with van der Waals surface area (Å²) in [6.45, 7) is 4.45. The molecule has 1 aromatic heterocycles. The number of aromatic nitrogens is 3. The third-order valence-electron chi connectivity index (χ3n) is 4.80. The van der Waals surface area contributed by atoms with Gasteiger partial charge in [0.05, 0.1) is 28.4 Å². The largest absolute Gasteiger partial charge is 0.486 e. The summed E-state index contributed by atoms with van der Waals surface area (Å²) in [4.78, 5) is 12.6. The number of hydrogen-bond donors (Lipinski definition) is 1. The maximum absolute atomic E-state index is 12.6. The molecule has 1 atom stereocenters. The number of hydrogen-bond acceptors (Lipinski definition) is 7. The molecule has 2 aliphatic heterocycles. The van der Waals surface area contributed by atoms with Crippen molar-refractivity contribution >= 4 is 15.7 Å². The van der Waals surface area contributed by atoms with Crippen molar-refractivity contribution in [3.8, 4) is 17.2 Å². The van der Waals surface area contributed by atoms with Crippen LogP contribution in [0.4, 0.5) is 0 Å². The van der Waals surface area contributed by atoms with E-state index in [0.717, 1.165) is 0 Å². The molecule has 0 unspecified atom stereocenters. The Hall–Kier alpha value is -2.62. The summed E-state index contributed by atoms with van der Waals surface area (Å²) >= 11 is 0. The smallest absolute Gasteiger partial charge is 0.274 e. The van der Waals surface area contributed by atoms with E-state index in [0.29, 0.717) is 42.5 Å². The zero-order valence-corrected chi connectivity index (χ0v) is 15.9. The van der Waals surface area contributed by atoms with Gasteiger partial charge < -0.3 is 14.8 Å².